The zero-order valence-electron chi connectivity index (χ0n) is 8.81. The summed E-state index contributed by atoms with van der Waals surface area (Å²) in [5, 5.41) is 3.75. The summed E-state index contributed by atoms with van der Waals surface area (Å²) in [5.41, 5.74) is -0.0927. The van der Waals surface area contributed by atoms with Crippen LogP contribution >= 0.6 is 15.9 Å². The minimum absolute atomic E-state index is 0.0927. The van der Waals surface area contributed by atoms with Crippen LogP contribution in [0.25, 0.3) is 0 Å². The molecular weight excluding hydrogens is 246 g/mol. The normalized spacial score (nSPS) is 25.8. The van der Waals surface area contributed by atoms with Crippen LogP contribution < -0.4 is 5.32 Å². The van der Waals surface area contributed by atoms with Gasteiger partial charge in [0, 0.05) is 24.4 Å². The highest BCUT2D eigenvalue weighted by Gasteiger charge is 2.29. The summed E-state index contributed by atoms with van der Waals surface area (Å²) >= 11 is 3.25. The number of hydrogen-bond acceptors (Lipinski definition) is 2. The molecule has 0 bridgehead atoms. The maximum absolute atomic E-state index is 11.3. The largest absolute Gasteiger partial charge is 0.375 e. The van der Waals surface area contributed by atoms with Crippen LogP contribution in [0.3, 0.4) is 0 Å². The Morgan fingerprint density at radius 2 is 2.36 bits per heavy atom. The predicted molar refractivity (Wildman–Crippen MR) is 59.6 cm³/mol. The molecule has 4 heteroatoms. The lowest BCUT2D eigenvalue weighted by Crippen LogP contribution is -2.45. The Balaban J connectivity index is 2.34. The third kappa shape index (κ3) is 3.96. The molecule has 1 atom stereocenters. The van der Waals surface area contributed by atoms with Gasteiger partial charge in [-0.3, -0.25) is 4.79 Å². The number of nitrogens with one attached hydrogen (secondary N) is 1. The lowest BCUT2D eigenvalue weighted by Gasteiger charge is -2.35. The van der Waals surface area contributed by atoms with Crippen LogP contribution in [0.1, 0.15) is 33.1 Å². The average Bonchev–Trinajstić information content (AvgIpc) is 2.02. The number of carbonyl (C=O) groups is 1. The van der Waals surface area contributed by atoms with Crippen LogP contribution in [0.5, 0.6) is 0 Å². The van der Waals surface area contributed by atoms with Crippen molar-refractivity contribution in [1.82, 2.24) is 5.32 Å². The molecule has 1 rings (SSSR count). The Morgan fingerprint density at radius 3 is 2.93 bits per heavy atom. The third-order valence-electron chi connectivity index (χ3n) is 2.38. The van der Waals surface area contributed by atoms with E-state index in [0.29, 0.717) is 6.42 Å². The molecule has 1 aliphatic heterocycles. The molecule has 1 heterocycles. The Labute approximate surface area is 93.7 Å². The van der Waals surface area contributed by atoms with Crippen LogP contribution in [0.4, 0.5) is 0 Å². The van der Waals surface area contributed by atoms with Crippen molar-refractivity contribution in [3.05, 3.63) is 0 Å². The summed E-state index contributed by atoms with van der Waals surface area (Å²) in [6, 6.07) is 0.283. The van der Waals surface area contributed by atoms with Gasteiger partial charge in [-0.15, -0.1) is 0 Å². The fraction of sp³-hybridized carbons (Fsp3) is 0.900. The molecule has 0 saturated carbocycles. The highest BCUT2D eigenvalue weighted by Crippen LogP contribution is 2.23. The molecule has 0 aromatic carbocycles. The smallest absolute Gasteiger partial charge is 0.221 e. The Morgan fingerprint density at radius 1 is 1.64 bits per heavy atom. The lowest BCUT2D eigenvalue weighted by molar-refractivity contribution is -0.123. The van der Waals surface area contributed by atoms with E-state index in [-0.39, 0.29) is 17.6 Å². The van der Waals surface area contributed by atoms with Crippen molar-refractivity contribution in [2.75, 3.05) is 11.9 Å². The zero-order valence-corrected chi connectivity index (χ0v) is 10.4. The van der Waals surface area contributed by atoms with Gasteiger partial charge in [0.25, 0.3) is 0 Å². The first kappa shape index (κ1) is 12.0. The molecule has 1 amide bonds. The van der Waals surface area contributed by atoms with Gasteiger partial charge in [-0.1, -0.05) is 15.9 Å². The van der Waals surface area contributed by atoms with Crippen LogP contribution in [0, 0.1) is 0 Å². The quantitative estimate of drug-likeness (QED) is 0.790. The summed E-state index contributed by atoms with van der Waals surface area (Å²) in [6.45, 7) is 4.87. The van der Waals surface area contributed by atoms with Crippen molar-refractivity contribution in [2.45, 2.75) is 44.8 Å². The van der Waals surface area contributed by atoms with Gasteiger partial charge in [0.05, 0.1) is 5.60 Å². The molecular formula is C10H18BrNO2. The van der Waals surface area contributed by atoms with E-state index in [1.165, 1.54) is 0 Å². The van der Waals surface area contributed by atoms with Crippen molar-refractivity contribution >= 4 is 21.8 Å². The van der Waals surface area contributed by atoms with Gasteiger partial charge in [0.15, 0.2) is 0 Å². The number of ether oxygens (including phenoxy) is 1. The van der Waals surface area contributed by atoms with Crippen molar-refractivity contribution < 1.29 is 9.53 Å². The van der Waals surface area contributed by atoms with E-state index in [2.05, 4.69) is 35.1 Å². The summed E-state index contributed by atoms with van der Waals surface area (Å²) in [6.07, 6.45) is 2.39. The van der Waals surface area contributed by atoms with E-state index in [0.717, 1.165) is 24.8 Å². The van der Waals surface area contributed by atoms with Gasteiger partial charge in [-0.05, 0) is 26.7 Å². The van der Waals surface area contributed by atoms with Crippen molar-refractivity contribution in [2.24, 2.45) is 0 Å². The maximum Gasteiger partial charge on any atom is 0.221 e. The molecule has 1 unspecified atom stereocenters. The predicted octanol–water partition coefficient (Wildman–Crippen LogP) is 1.85. The van der Waals surface area contributed by atoms with Crippen LogP contribution in [-0.2, 0) is 9.53 Å². The van der Waals surface area contributed by atoms with E-state index < -0.39 is 0 Å². The SMILES string of the molecule is CC1(C)CC(NC(=O)CCBr)CCO1. The minimum Gasteiger partial charge on any atom is -0.375 e. The molecule has 82 valence electrons. The molecule has 14 heavy (non-hydrogen) atoms. The van der Waals surface area contributed by atoms with E-state index in [9.17, 15) is 4.79 Å². The topological polar surface area (TPSA) is 38.3 Å². The molecule has 0 aromatic heterocycles. The van der Waals surface area contributed by atoms with Gasteiger partial charge in [0.1, 0.15) is 0 Å². The molecule has 0 aromatic rings. The molecule has 3 nitrogen and oxygen atoms in total. The Bertz CT molecular complexity index is 206. The highest BCUT2D eigenvalue weighted by molar-refractivity contribution is 9.09. The molecule has 1 aliphatic rings. The van der Waals surface area contributed by atoms with E-state index in [1.807, 2.05) is 0 Å². The number of carbonyl (C=O) groups excluding carboxylic acids is 1. The van der Waals surface area contributed by atoms with Gasteiger partial charge < -0.3 is 10.1 Å². The second-order valence-corrected chi connectivity index (χ2v) is 5.10. The second kappa shape index (κ2) is 5.12. The van der Waals surface area contributed by atoms with Crippen molar-refractivity contribution in [3.8, 4) is 0 Å². The first-order valence-electron chi connectivity index (χ1n) is 5.03. The van der Waals surface area contributed by atoms with E-state index in [1.54, 1.807) is 0 Å². The average molecular weight is 264 g/mol. The van der Waals surface area contributed by atoms with Crippen LogP contribution in [-0.4, -0.2) is 29.5 Å². The fourth-order valence-corrected chi connectivity index (χ4v) is 2.10. The number of halogens is 1. The van der Waals surface area contributed by atoms with Gasteiger partial charge in [0.2, 0.25) is 5.91 Å². The molecule has 1 N–H and O–H groups in total. The Kier molecular flexibility index (Phi) is 4.38. The van der Waals surface area contributed by atoms with Gasteiger partial charge >= 0.3 is 0 Å². The number of amides is 1. The molecule has 1 fully saturated rings. The van der Waals surface area contributed by atoms with Crippen molar-refractivity contribution in [1.29, 1.82) is 0 Å². The summed E-state index contributed by atoms with van der Waals surface area (Å²) < 4.78 is 5.58. The summed E-state index contributed by atoms with van der Waals surface area (Å²) in [5.74, 6) is 0.129. The fourth-order valence-electron chi connectivity index (χ4n) is 1.74. The molecule has 0 radical (unpaired) electrons. The molecule has 1 saturated heterocycles. The summed E-state index contributed by atoms with van der Waals surface area (Å²) in [7, 11) is 0. The first-order valence-corrected chi connectivity index (χ1v) is 6.15. The highest BCUT2D eigenvalue weighted by atomic mass is 79.9. The monoisotopic (exact) mass is 263 g/mol. The van der Waals surface area contributed by atoms with Gasteiger partial charge in [-0.2, -0.15) is 0 Å². The standard InChI is InChI=1S/C10H18BrNO2/c1-10(2)7-8(4-6-14-10)12-9(13)3-5-11/h8H,3-7H2,1-2H3,(H,12,13). The molecule has 0 spiro atoms. The second-order valence-electron chi connectivity index (χ2n) is 4.30. The Hall–Kier alpha value is -0.0900. The van der Waals surface area contributed by atoms with Gasteiger partial charge in [-0.25, -0.2) is 0 Å². The van der Waals surface area contributed by atoms with E-state index >= 15 is 0 Å². The number of hydrogen-bond donors (Lipinski definition) is 1. The first-order chi connectivity index (χ1) is 6.53. The number of alkyl halides is 1. The van der Waals surface area contributed by atoms with Crippen molar-refractivity contribution in [3.63, 3.8) is 0 Å². The molecule has 0 aliphatic carbocycles. The lowest BCUT2D eigenvalue weighted by atomic mass is 9.94. The maximum atomic E-state index is 11.3. The van der Waals surface area contributed by atoms with Crippen LogP contribution in [0.15, 0.2) is 0 Å². The number of rotatable bonds is 3. The van der Waals surface area contributed by atoms with Crippen LogP contribution in [0.2, 0.25) is 0 Å². The van der Waals surface area contributed by atoms with E-state index in [4.69, 9.17) is 4.74 Å². The minimum atomic E-state index is -0.0927. The zero-order chi connectivity index (χ0) is 10.6. The third-order valence-corrected chi connectivity index (χ3v) is 2.78. The summed E-state index contributed by atoms with van der Waals surface area (Å²) in [4.78, 5) is 11.3.